The third kappa shape index (κ3) is 4.22. The van der Waals surface area contributed by atoms with Crippen molar-refractivity contribution in [3.8, 4) is 0 Å². The Morgan fingerprint density at radius 3 is 2.69 bits per heavy atom. The van der Waals surface area contributed by atoms with Crippen molar-refractivity contribution in [2.24, 2.45) is 5.41 Å². The van der Waals surface area contributed by atoms with Crippen molar-refractivity contribution in [2.75, 3.05) is 11.9 Å². The molecule has 0 unspecified atom stereocenters. The zero-order chi connectivity index (χ0) is 12.2. The monoisotopic (exact) mass is 348 g/mol. The molecule has 0 radical (unpaired) electrons. The van der Waals surface area contributed by atoms with Crippen molar-refractivity contribution in [1.29, 1.82) is 0 Å². The van der Waals surface area contributed by atoms with Crippen LogP contribution in [-0.2, 0) is 0 Å². The number of hydrogen-bond donors (Lipinski definition) is 1. The highest BCUT2D eigenvalue weighted by molar-refractivity contribution is 9.10. The number of rotatable bonds is 4. The van der Waals surface area contributed by atoms with Gasteiger partial charge in [-0.2, -0.15) is 0 Å². The zero-order valence-corrected chi connectivity index (χ0v) is 12.4. The molecule has 0 aromatic carbocycles. The standard InChI is InChI=1S/C11H14Br2N2O/c1-11(2,6-12)7-15-10(16)9-4-3-8(13)5-14-9/h3-5H,6-7H2,1-2H3,(H,15,16). The number of hydrogen-bond acceptors (Lipinski definition) is 2. The Kier molecular flexibility index (Phi) is 4.92. The first-order chi connectivity index (χ1) is 7.44. The number of nitrogens with zero attached hydrogens (tertiary/aromatic N) is 1. The molecule has 0 aliphatic rings. The predicted octanol–water partition coefficient (Wildman–Crippen LogP) is 3.00. The van der Waals surface area contributed by atoms with E-state index in [1.807, 2.05) is 0 Å². The third-order valence-electron chi connectivity index (χ3n) is 2.05. The Hall–Kier alpha value is -0.420. The van der Waals surface area contributed by atoms with Crippen LogP contribution in [0, 0.1) is 5.41 Å². The molecule has 0 saturated heterocycles. The molecular formula is C11H14Br2N2O. The first-order valence-electron chi connectivity index (χ1n) is 4.90. The van der Waals surface area contributed by atoms with Gasteiger partial charge in [0.15, 0.2) is 0 Å². The van der Waals surface area contributed by atoms with E-state index in [4.69, 9.17) is 0 Å². The molecule has 1 N–H and O–H groups in total. The number of nitrogens with one attached hydrogen (secondary N) is 1. The van der Waals surface area contributed by atoms with Crippen molar-refractivity contribution in [1.82, 2.24) is 10.3 Å². The summed E-state index contributed by atoms with van der Waals surface area (Å²) in [5, 5.41) is 3.70. The highest BCUT2D eigenvalue weighted by Gasteiger charge is 2.17. The lowest BCUT2D eigenvalue weighted by atomic mass is 9.97. The van der Waals surface area contributed by atoms with Gasteiger partial charge in [0, 0.05) is 22.5 Å². The van der Waals surface area contributed by atoms with Gasteiger partial charge in [-0.15, -0.1) is 0 Å². The van der Waals surface area contributed by atoms with Crippen LogP contribution in [0.5, 0.6) is 0 Å². The number of carbonyl (C=O) groups is 1. The molecule has 0 saturated carbocycles. The minimum atomic E-state index is -0.137. The van der Waals surface area contributed by atoms with Gasteiger partial charge < -0.3 is 5.32 Å². The van der Waals surface area contributed by atoms with Crippen LogP contribution in [0.2, 0.25) is 0 Å². The maximum absolute atomic E-state index is 11.7. The van der Waals surface area contributed by atoms with Gasteiger partial charge in [-0.05, 0) is 33.5 Å². The van der Waals surface area contributed by atoms with Gasteiger partial charge in [-0.3, -0.25) is 4.79 Å². The van der Waals surface area contributed by atoms with Crippen LogP contribution in [0.15, 0.2) is 22.8 Å². The van der Waals surface area contributed by atoms with Crippen LogP contribution in [0.3, 0.4) is 0 Å². The highest BCUT2D eigenvalue weighted by atomic mass is 79.9. The van der Waals surface area contributed by atoms with E-state index in [9.17, 15) is 4.79 Å². The van der Waals surface area contributed by atoms with Gasteiger partial charge in [0.25, 0.3) is 5.91 Å². The van der Waals surface area contributed by atoms with Crippen LogP contribution in [-0.4, -0.2) is 22.8 Å². The number of amides is 1. The van der Waals surface area contributed by atoms with Crippen molar-refractivity contribution in [3.05, 3.63) is 28.5 Å². The predicted molar refractivity (Wildman–Crippen MR) is 71.8 cm³/mol. The number of carbonyl (C=O) groups excluding carboxylic acids is 1. The summed E-state index contributed by atoms with van der Waals surface area (Å²) in [6.07, 6.45) is 1.62. The molecule has 0 fully saturated rings. The Morgan fingerprint density at radius 1 is 1.50 bits per heavy atom. The molecule has 5 heteroatoms. The lowest BCUT2D eigenvalue weighted by Gasteiger charge is -2.21. The van der Waals surface area contributed by atoms with Crippen molar-refractivity contribution < 1.29 is 4.79 Å². The molecule has 1 rings (SSSR count). The molecule has 0 aliphatic carbocycles. The van der Waals surface area contributed by atoms with Crippen LogP contribution < -0.4 is 5.32 Å². The first-order valence-corrected chi connectivity index (χ1v) is 6.82. The van der Waals surface area contributed by atoms with E-state index in [1.165, 1.54) is 0 Å². The van der Waals surface area contributed by atoms with E-state index >= 15 is 0 Å². The van der Waals surface area contributed by atoms with Gasteiger partial charge >= 0.3 is 0 Å². The summed E-state index contributed by atoms with van der Waals surface area (Å²) < 4.78 is 0.866. The molecule has 1 amide bonds. The quantitative estimate of drug-likeness (QED) is 0.849. The Morgan fingerprint density at radius 2 is 2.19 bits per heavy atom. The fourth-order valence-corrected chi connectivity index (χ4v) is 1.40. The van der Waals surface area contributed by atoms with E-state index in [1.54, 1.807) is 18.3 Å². The summed E-state index contributed by atoms with van der Waals surface area (Å²) in [4.78, 5) is 15.7. The van der Waals surface area contributed by atoms with Crippen LogP contribution >= 0.6 is 31.9 Å². The molecule has 88 valence electrons. The molecule has 0 atom stereocenters. The van der Waals surface area contributed by atoms with E-state index in [0.29, 0.717) is 12.2 Å². The minimum absolute atomic E-state index is 0.0467. The van der Waals surface area contributed by atoms with E-state index in [2.05, 4.69) is 56.0 Å². The highest BCUT2D eigenvalue weighted by Crippen LogP contribution is 2.16. The second-order valence-electron chi connectivity index (χ2n) is 4.34. The smallest absolute Gasteiger partial charge is 0.269 e. The second kappa shape index (κ2) is 5.77. The van der Waals surface area contributed by atoms with Crippen LogP contribution in [0.25, 0.3) is 0 Å². The molecule has 0 bridgehead atoms. The third-order valence-corrected chi connectivity index (χ3v) is 4.04. The summed E-state index contributed by atoms with van der Waals surface area (Å²) in [5.41, 5.74) is 0.485. The Balaban J connectivity index is 2.56. The molecule has 1 heterocycles. The second-order valence-corrected chi connectivity index (χ2v) is 5.82. The average Bonchev–Trinajstić information content (AvgIpc) is 2.27. The van der Waals surface area contributed by atoms with E-state index in [-0.39, 0.29) is 11.3 Å². The largest absolute Gasteiger partial charge is 0.350 e. The van der Waals surface area contributed by atoms with Gasteiger partial charge in [0.05, 0.1) is 0 Å². The first kappa shape index (κ1) is 13.6. The summed E-state index contributed by atoms with van der Waals surface area (Å²) in [6.45, 7) is 4.78. The number of halogens is 2. The summed E-state index contributed by atoms with van der Waals surface area (Å²) in [6, 6.07) is 3.50. The number of pyridine rings is 1. The summed E-state index contributed by atoms with van der Waals surface area (Å²) in [5.74, 6) is -0.137. The van der Waals surface area contributed by atoms with Crippen LogP contribution in [0.1, 0.15) is 24.3 Å². The number of aromatic nitrogens is 1. The Labute approximate surface area is 112 Å². The molecule has 0 aliphatic heterocycles. The van der Waals surface area contributed by atoms with Gasteiger partial charge in [-0.1, -0.05) is 29.8 Å². The molecule has 1 aromatic rings. The molecule has 0 spiro atoms. The zero-order valence-electron chi connectivity index (χ0n) is 9.26. The normalized spacial score (nSPS) is 11.2. The van der Waals surface area contributed by atoms with Crippen molar-refractivity contribution in [2.45, 2.75) is 13.8 Å². The maximum Gasteiger partial charge on any atom is 0.269 e. The van der Waals surface area contributed by atoms with Crippen molar-refractivity contribution in [3.63, 3.8) is 0 Å². The lowest BCUT2D eigenvalue weighted by molar-refractivity contribution is 0.0935. The summed E-state index contributed by atoms with van der Waals surface area (Å²) in [7, 11) is 0. The fraction of sp³-hybridized carbons (Fsp3) is 0.455. The van der Waals surface area contributed by atoms with Crippen LogP contribution in [0.4, 0.5) is 0 Å². The SMILES string of the molecule is CC(C)(CBr)CNC(=O)c1ccc(Br)cn1. The topological polar surface area (TPSA) is 42.0 Å². The molecular weight excluding hydrogens is 336 g/mol. The maximum atomic E-state index is 11.7. The van der Waals surface area contributed by atoms with Gasteiger partial charge in [0.1, 0.15) is 5.69 Å². The van der Waals surface area contributed by atoms with Gasteiger partial charge in [0.2, 0.25) is 0 Å². The average molecular weight is 350 g/mol. The fourth-order valence-electron chi connectivity index (χ4n) is 0.967. The van der Waals surface area contributed by atoms with E-state index in [0.717, 1.165) is 9.80 Å². The molecule has 16 heavy (non-hydrogen) atoms. The van der Waals surface area contributed by atoms with E-state index < -0.39 is 0 Å². The molecule has 1 aromatic heterocycles. The molecule has 3 nitrogen and oxygen atoms in total. The van der Waals surface area contributed by atoms with Gasteiger partial charge in [-0.25, -0.2) is 4.98 Å². The summed E-state index contributed by atoms with van der Waals surface area (Å²) >= 11 is 6.69. The number of alkyl halides is 1. The lowest BCUT2D eigenvalue weighted by Crippen LogP contribution is -2.35. The van der Waals surface area contributed by atoms with Crippen molar-refractivity contribution >= 4 is 37.8 Å². The Bertz CT molecular complexity index is 363. The minimum Gasteiger partial charge on any atom is -0.350 e.